The van der Waals surface area contributed by atoms with Gasteiger partial charge in [-0.25, -0.2) is 4.58 Å². The van der Waals surface area contributed by atoms with Gasteiger partial charge in [-0.3, -0.25) is 0 Å². The summed E-state index contributed by atoms with van der Waals surface area (Å²) in [6.07, 6.45) is 11.8. The first-order chi connectivity index (χ1) is 19.8. The van der Waals surface area contributed by atoms with Gasteiger partial charge in [0.05, 0.1) is 0 Å². The van der Waals surface area contributed by atoms with Crippen molar-refractivity contribution in [2.24, 2.45) is 0 Å². The lowest BCUT2D eigenvalue weighted by molar-refractivity contribution is -0.548. The molecule has 2 aromatic rings. The molecule has 3 heterocycles. The number of fused-ring (bicyclic) bond motifs is 2. The Morgan fingerprint density at radius 3 is 1.56 bits per heavy atom. The minimum Gasteiger partial charge on any atom is -0.368 e. The van der Waals surface area contributed by atoms with Crippen LogP contribution in [-0.4, -0.2) is 49.7 Å². The molecule has 0 unspecified atom stereocenters. The molecule has 0 spiro atoms. The Kier molecular flexibility index (Phi) is 7.32. The number of anilines is 2. The van der Waals surface area contributed by atoms with E-state index in [4.69, 9.17) is 4.74 Å². The molecule has 0 amide bonds. The fraction of sp³-hybridized carbons (Fsp3) is 0.432. The standard InChI is InChI=1S/C37H46N3O/c1-7-39-31-15-11-9-13-29(31)36(3,4)33(39)21-19-27-17-18-28(35(27)38-23-25-41-26-24-38)20-22-34-37(5,6)30-14-10-12-16-32(30)40(34)8-2/h9-16,19-22H,7-8,17-18,23-26H2,1-6H3/q+1. The Hall–Kier alpha value is -3.37. The number of allylic oxidation sites excluding steroid dienone is 8. The van der Waals surface area contributed by atoms with Crippen LogP contribution >= 0.6 is 0 Å². The van der Waals surface area contributed by atoms with Crippen LogP contribution in [-0.2, 0) is 15.6 Å². The van der Waals surface area contributed by atoms with Gasteiger partial charge in [-0.1, -0.05) is 76.2 Å². The molecule has 1 saturated carbocycles. The van der Waals surface area contributed by atoms with E-state index in [9.17, 15) is 0 Å². The first-order valence-electron chi connectivity index (χ1n) is 15.6. The molecule has 0 atom stereocenters. The number of hydrogen-bond donors (Lipinski definition) is 0. The quantitative estimate of drug-likeness (QED) is 0.368. The van der Waals surface area contributed by atoms with Crippen LogP contribution in [0.25, 0.3) is 0 Å². The van der Waals surface area contributed by atoms with Gasteiger partial charge in [-0.2, -0.15) is 0 Å². The van der Waals surface area contributed by atoms with Gasteiger partial charge >= 0.3 is 0 Å². The summed E-state index contributed by atoms with van der Waals surface area (Å²) in [4.78, 5) is 4.99. The van der Waals surface area contributed by atoms with Crippen LogP contribution in [0.3, 0.4) is 0 Å². The molecule has 1 saturated heterocycles. The number of nitrogens with zero attached hydrogens (tertiary/aromatic N) is 3. The average molecular weight is 549 g/mol. The van der Waals surface area contributed by atoms with Gasteiger partial charge in [0.2, 0.25) is 5.71 Å². The topological polar surface area (TPSA) is 18.7 Å². The Bertz CT molecular complexity index is 1390. The van der Waals surface area contributed by atoms with Crippen LogP contribution < -0.4 is 9.80 Å². The fourth-order valence-electron chi connectivity index (χ4n) is 7.55. The molecule has 4 aliphatic rings. The van der Waals surface area contributed by atoms with Crippen LogP contribution in [0.15, 0.2) is 95.4 Å². The second-order valence-corrected chi connectivity index (χ2v) is 12.7. The summed E-state index contributed by atoms with van der Waals surface area (Å²) in [6, 6.07) is 17.8. The maximum atomic E-state index is 5.76. The lowest BCUT2D eigenvalue weighted by atomic mass is 9.83. The number of para-hydroxylation sites is 2. The predicted molar refractivity (Wildman–Crippen MR) is 172 cm³/mol. The highest BCUT2D eigenvalue weighted by molar-refractivity contribution is 6.12. The third-order valence-corrected chi connectivity index (χ3v) is 9.72. The zero-order valence-electron chi connectivity index (χ0n) is 25.8. The Labute approximate surface area is 247 Å². The van der Waals surface area contributed by atoms with Crippen molar-refractivity contribution in [2.45, 2.75) is 65.2 Å². The van der Waals surface area contributed by atoms with Crippen molar-refractivity contribution in [1.82, 2.24) is 0 Å². The summed E-state index contributed by atoms with van der Waals surface area (Å²) in [7, 11) is 0. The van der Waals surface area contributed by atoms with E-state index in [0.717, 1.165) is 52.2 Å². The SMILES string of the molecule is CCN1C(=CC=C2CCC(=CC=C3N(CC)c4ccccc4C3(C)C)C2=[N+]2CCOCC2)C(C)(C)c2ccccc21. The van der Waals surface area contributed by atoms with E-state index in [0.29, 0.717) is 0 Å². The summed E-state index contributed by atoms with van der Waals surface area (Å²) in [5, 5.41) is 0. The highest BCUT2D eigenvalue weighted by Crippen LogP contribution is 2.48. The summed E-state index contributed by atoms with van der Waals surface area (Å²) in [5.41, 5.74) is 12.6. The maximum Gasteiger partial charge on any atom is 0.206 e. The van der Waals surface area contributed by atoms with Gasteiger partial charge in [-0.05, 0) is 62.1 Å². The Balaban J connectivity index is 1.40. The second kappa shape index (κ2) is 10.8. The van der Waals surface area contributed by atoms with Crippen LogP contribution in [0.5, 0.6) is 0 Å². The Morgan fingerprint density at radius 1 is 0.683 bits per heavy atom. The molecule has 0 radical (unpaired) electrons. The largest absolute Gasteiger partial charge is 0.368 e. The first kappa shape index (κ1) is 27.8. The van der Waals surface area contributed by atoms with Crippen molar-refractivity contribution in [1.29, 1.82) is 0 Å². The highest BCUT2D eigenvalue weighted by atomic mass is 16.5. The van der Waals surface area contributed by atoms with E-state index in [1.54, 1.807) is 0 Å². The smallest absolute Gasteiger partial charge is 0.206 e. The minimum atomic E-state index is -0.0167. The summed E-state index contributed by atoms with van der Waals surface area (Å²) < 4.78 is 8.34. The Morgan fingerprint density at radius 2 is 1.12 bits per heavy atom. The van der Waals surface area contributed by atoms with Gasteiger partial charge in [0.25, 0.3) is 0 Å². The number of ether oxygens (including phenoxy) is 1. The zero-order chi connectivity index (χ0) is 28.8. The maximum absolute atomic E-state index is 5.76. The normalized spacial score (nSPS) is 25.2. The van der Waals surface area contributed by atoms with E-state index in [1.807, 2.05) is 0 Å². The fourth-order valence-corrected chi connectivity index (χ4v) is 7.55. The van der Waals surface area contributed by atoms with Crippen LogP contribution in [0.2, 0.25) is 0 Å². The number of likely N-dealkylation sites (N-methyl/N-ethyl adjacent to an activating group) is 2. The van der Waals surface area contributed by atoms with Crippen molar-refractivity contribution >= 4 is 17.1 Å². The van der Waals surface area contributed by atoms with Crippen LogP contribution in [0.4, 0.5) is 11.4 Å². The molecule has 2 aromatic carbocycles. The molecule has 0 aromatic heterocycles. The van der Waals surface area contributed by atoms with Gasteiger partial charge in [-0.15, -0.1) is 0 Å². The predicted octanol–water partition coefficient (Wildman–Crippen LogP) is 7.52. The van der Waals surface area contributed by atoms with Gasteiger partial charge in [0.15, 0.2) is 13.1 Å². The van der Waals surface area contributed by atoms with Crippen molar-refractivity contribution in [2.75, 3.05) is 49.2 Å². The molecule has 4 nitrogen and oxygen atoms in total. The molecule has 41 heavy (non-hydrogen) atoms. The number of rotatable bonds is 4. The monoisotopic (exact) mass is 548 g/mol. The van der Waals surface area contributed by atoms with Gasteiger partial charge < -0.3 is 14.5 Å². The third kappa shape index (κ3) is 4.61. The van der Waals surface area contributed by atoms with Crippen molar-refractivity contribution in [3.8, 4) is 0 Å². The molecule has 2 fully saturated rings. The number of hydrogen-bond acceptors (Lipinski definition) is 3. The van der Waals surface area contributed by atoms with Crippen LogP contribution in [0.1, 0.15) is 65.5 Å². The van der Waals surface area contributed by atoms with E-state index < -0.39 is 0 Å². The lowest BCUT2D eigenvalue weighted by Crippen LogP contribution is -2.33. The van der Waals surface area contributed by atoms with E-state index in [1.165, 1.54) is 50.8 Å². The highest BCUT2D eigenvalue weighted by Gasteiger charge is 2.40. The first-order valence-corrected chi connectivity index (χ1v) is 15.6. The van der Waals surface area contributed by atoms with Gasteiger partial charge in [0, 0.05) is 57.8 Å². The molecule has 6 rings (SSSR count). The molecule has 1 aliphatic carbocycles. The molecule has 3 aliphatic heterocycles. The van der Waals surface area contributed by atoms with Crippen molar-refractivity contribution in [3.05, 3.63) is 107 Å². The van der Waals surface area contributed by atoms with Gasteiger partial charge in [0.1, 0.15) is 13.2 Å². The van der Waals surface area contributed by atoms with E-state index >= 15 is 0 Å². The zero-order valence-corrected chi connectivity index (χ0v) is 25.8. The van der Waals surface area contributed by atoms with E-state index in [2.05, 4.69) is 129 Å². The lowest BCUT2D eigenvalue weighted by Gasteiger charge is -2.26. The third-order valence-electron chi connectivity index (χ3n) is 9.72. The van der Waals surface area contributed by atoms with Crippen molar-refractivity contribution in [3.63, 3.8) is 0 Å². The molecule has 214 valence electrons. The summed E-state index contributed by atoms with van der Waals surface area (Å²) in [5.74, 6) is 0. The molecule has 0 N–H and O–H groups in total. The summed E-state index contributed by atoms with van der Waals surface area (Å²) in [6.45, 7) is 19.4. The number of benzene rings is 2. The molecule has 4 heteroatoms. The minimum absolute atomic E-state index is 0.0167. The van der Waals surface area contributed by atoms with Crippen molar-refractivity contribution < 1.29 is 9.31 Å². The number of morpholine rings is 1. The van der Waals surface area contributed by atoms with E-state index in [-0.39, 0.29) is 10.8 Å². The second-order valence-electron chi connectivity index (χ2n) is 12.7. The average Bonchev–Trinajstić information content (AvgIpc) is 3.56. The molecule has 0 bridgehead atoms. The van der Waals surface area contributed by atoms with Crippen LogP contribution in [0, 0.1) is 0 Å². The molecular formula is C37H46N3O+. The molecular weight excluding hydrogens is 502 g/mol. The summed E-state index contributed by atoms with van der Waals surface area (Å²) >= 11 is 0.